The summed E-state index contributed by atoms with van der Waals surface area (Å²) in [6.07, 6.45) is 0.865. The first-order chi connectivity index (χ1) is 14.2. The van der Waals surface area contributed by atoms with Gasteiger partial charge in [0.2, 0.25) is 5.91 Å². The van der Waals surface area contributed by atoms with Gasteiger partial charge in [-0.2, -0.15) is 0 Å². The van der Waals surface area contributed by atoms with Crippen LogP contribution in [0.1, 0.15) is 45.5 Å². The fourth-order valence-electron chi connectivity index (χ4n) is 3.65. The van der Waals surface area contributed by atoms with E-state index < -0.39 is 0 Å². The molecule has 1 atom stereocenters. The lowest BCUT2D eigenvalue weighted by Crippen LogP contribution is -2.36. The first-order valence-corrected chi connectivity index (χ1v) is 10.5. The third kappa shape index (κ3) is 4.09. The Kier molecular flexibility index (Phi) is 5.36. The molecule has 0 spiro atoms. The highest BCUT2D eigenvalue weighted by Gasteiger charge is 2.30. The molecule has 1 amide bonds. The molecule has 1 N–H and O–H groups in total. The van der Waals surface area contributed by atoms with Crippen LogP contribution in [0.2, 0.25) is 5.02 Å². The molecule has 1 aromatic carbocycles. The van der Waals surface area contributed by atoms with E-state index in [1.54, 1.807) is 11.6 Å². The summed E-state index contributed by atoms with van der Waals surface area (Å²) in [5.41, 5.74) is 2.07. The summed E-state index contributed by atoms with van der Waals surface area (Å²) < 4.78 is 1.78. The minimum Gasteiger partial charge on any atom is -0.352 e. The maximum atomic E-state index is 11.5. The monoisotopic (exact) mass is 427 g/mol. The Labute approximate surface area is 180 Å². The van der Waals surface area contributed by atoms with Crippen molar-refractivity contribution in [3.05, 3.63) is 40.7 Å². The summed E-state index contributed by atoms with van der Waals surface area (Å²) >= 11 is 6.35. The molecule has 4 rings (SSSR count). The number of benzene rings is 1. The predicted octanol–water partition coefficient (Wildman–Crippen LogP) is 2.94. The number of nitrogens with zero attached hydrogens (tertiary/aromatic N) is 6. The molecule has 1 aliphatic heterocycles. The SMILES string of the molecule is CC(=O)NC1CCN(c2nc(C(C)(C)C)nc3c2nnn3Cc2ccccc2Cl)C1. The molecule has 8 nitrogen and oxygen atoms in total. The Morgan fingerprint density at radius 3 is 2.73 bits per heavy atom. The van der Waals surface area contributed by atoms with Crippen molar-refractivity contribution in [3.63, 3.8) is 0 Å². The van der Waals surface area contributed by atoms with E-state index in [0.29, 0.717) is 29.3 Å². The molecule has 158 valence electrons. The first kappa shape index (κ1) is 20.5. The highest BCUT2D eigenvalue weighted by molar-refractivity contribution is 6.31. The molecule has 1 saturated heterocycles. The van der Waals surface area contributed by atoms with Crippen LogP contribution in [0.25, 0.3) is 11.2 Å². The van der Waals surface area contributed by atoms with Gasteiger partial charge in [-0.25, -0.2) is 14.6 Å². The van der Waals surface area contributed by atoms with E-state index in [2.05, 4.69) is 41.3 Å². The second-order valence-electron chi connectivity index (χ2n) is 8.76. The number of anilines is 1. The topological polar surface area (TPSA) is 88.8 Å². The Morgan fingerprint density at radius 2 is 2.03 bits per heavy atom. The van der Waals surface area contributed by atoms with Crippen molar-refractivity contribution in [3.8, 4) is 0 Å². The summed E-state index contributed by atoms with van der Waals surface area (Å²) in [6, 6.07) is 7.80. The van der Waals surface area contributed by atoms with E-state index in [9.17, 15) is 4.79 Å². The van der Waals surface area contributed by atoms with Crippen LogP contribution in [0.15, 0.2) is 24.3 Å². The average Bonchev–Trinajstić information content (AvgIpc) is 3.29. The van der Waals surface area contributed by atoms with Crippen molar-refractivity contribution < 1.29 is 4.79 Å². The van der Waals surface area contributed by atoms with E-state index in [1.165, 1.54) is 0 Å². The van der Waals surface area contributed by atoms with Gasteiger partial charge in [-0.3, -0.25) is 4.79 Å². The van der Waals surface area contributed by atoms with Crippen LogP contribution >= 0.6 is 11.6 Å². The van der Waals surface area contributed by atoms with Gasteiger partial charge < -0.3 is 10.2 Å². The minimum atomic E-state index is -0.237. The zero-order chi connectivity index (χ0) is 21.5. The van der Waals surface area contributed by atoms with Crippen LogP contribution in [0.3, 0.4) is 0 Å². The molecule has 9 heteroatoms. The number of fused-ring (bicyclic) bond motifs is 1. The number of amides is 1. The van der Waals surface area contributed by atoms with Crippen molar-refractivity contribution in [1.82, 2.24) is 30.3 Å². The van der Waals surface area contributed by atoms with Crippen molar-refractivity contribution >= 4 is 34.5 Å². The number of hydrogen-bond donors (Lipinski definition) is 1. The Hall–Kier alpha value is -2.74. The second-order valence-corrected chi connectivity index (χ2v) is 9.17. The minimum absolute atomic E-state index is 0.0178. The zero-order valence-electron chi connectivity index (χ0n) is 17.7. The Bertz CT molecular complexity index is 1090. The highest BCUT2D eigenvalue weighted by atomic mass is 35.5. The zero-order valence-corrected chi connectivity index (χ0v) is 18.4. The quantitative estimate of drug-likeness (QED) is 0.688. The molecule has 0 aliphatic carbocycles. The molecule has 3 heterocycles. The summed E-state index contributed by atoms with van der Waals surface area (Å²) in [5.74, 6) is 1.48. The number of hydrogen-bond acceptors (Lipinski definition) is 6. The molecule has 3 aromatic rings. The summed E-state index contributed by atoms with van der Waals surface area (Å²) in [6.45, 7) is 9.76. The lowest BCUT2D eigenvalue weighted by atomic mass is 9.96. The molecule has 0 bridgehead atoms. The third-order valence-corrected chi connectivity index (χ3v) is 5.56. The Morgan fingerprint density at radius 1 is 1.27 bits per heavy atom. The standard InChI is InChI=1S/C21H26ClN7O/c1-13(30)23-15-9-10-28(12-15)18-17-19(25-20(24-18)21(2,3)4)29(27-26-17)11-14-7-5-6-8-16(14)22/h5-8,15H,9-12H2,1-4H3,(H,23,30). The number of halogens is 1. The van der Waals surface area contributed by atoms with Crippen LogP contribution in [0, 0.1) is 0 Å². The van der Waals surface area contributed by atoms with Crippen LogP contribution in [-0.4, -0.2) is 50.0 Å². The van der Waals surface area contributed by atoms with E-state index >= 15 is 0 Å². The molecule has 0 radical (unpaired) electrons. The smallest absolute Gasteiger partial charge is 0.217 e. The average molecular weight is 428 g/mol. The second kappa shape index (κ2) is 7.83. The predicted molar refractivity (Wildman–Crippen MR) is 117 cm³/mol. The van der Waals surface area contributed by atoms with Gasteiger partial charge in [0.15, 0.2) is 17.0 Å². The number of carbonyl (C=O) groups is 1. The van der Waals surface area contributed by atoms with E-state index in [0.717, 1.165) is 30.2 Å². The van der Waals surface area contributed by atoms with E-state index in [1.807, 2.05) is 24.3 Å². The maximum absolute atomic E-state index is 11.5. The van der Waals surface area contributed by atoms with Crippen LogP contribution in [0.5, 0.6) is 0 Å². The van der Waals surface area contributed by atoms with Gasteiger partial charge in [0.1, 0.15) is 5.82 Å². The van der Waals surface area contributed by atoms with Crippen molar-refractivity contribution in [1.29, 1.82) is 0 Å². The van der Waals surface area contributed by atoms with E-state index in [-0.39, 0.29) is 17.4 Å². The summed E-state index contributed by atoms with van der Waals surface area (Å²) in [4.78, 5) is 23.3. The number of carbonyl (C=O) groups excluding carboxylic acids is 1. The summed E-state index contributed by atoms with van der Waals surface area (Å²) in [7, 11) is 0. The summed E-state index contributed by atoms with van der Waals surface area (Å²) in [5, 5.41) is 12.5. The maximum Gasteiger partial charge on any atom is 0.217 e. The van der Waals surface area contributed by atoms with Gasteiger partial charge in [0, 0.05) is 36.5 Å². The van der Waals surface area contributed by atoms with Crippen molar-refractivity contribution in [2.45, 2.75) is 52.1 Å². The van der Waals surface area contributed by atoms with Gasteiger partial charge in [-0.05, 0) is 18.1 Å². The molecule has 2 aromatic heterocycles. The third-order valence-electron chi connectivity index (χ3n) is 5.19. The molecule has 1 unspecified atom stereocenters. The normalized spacial score (nSPS) is 17.0. The number of rotatable bonds is 4. The molecular weight excluding hydrogens is 402 g/mol. The van der Waals surface area contributed by atoms with Crippen LogP contribution < -0.4 is 10.2 Å². The van der Waals surface area contributed by atoms with Crippen molar-refractivity contribution in [2.24, 2.45) is 0 Å². The molecule has 1 aliphatic rings. The van der Waals surface area contributed by atoms with Gasteiger partial charge in [0.05, 0.1) is 6.54 Å². The molecule has 1 fully saturated rings. The van der Waals surface area contributed by atoms with Crippen molar-refractivity contribution in [2.75, 3.05) is 18.0 Å². The van der Waals surface area contributed by atoms with Crippen LogP contribution in [-0.2, 0) is 16.8 Å². The highest BCUT2D eigenvalue weighted by Crippen LogP contribution is 2.29. The number of nitrogens with one attached hydrogen (secondary N) is 1. The lowest BCUT2D eigenvalue weighted by Gasteiger charge is -2.22. The first-order valence-electron chi connectivity index (χ1n) is 10.1. The largest absolute Gasteiger partial charge is 0.352 e. The molecule has 0 saturated carbocycles. The van der Waals surface area contributed by atoms with Gasteiger partial charge in [0.25, 0.3) is 0 Å². The Balaban J connectivity index is 1.76. The fraction of sp³-hybridized carbons (Fsp3) is 0.476. The van der Waals surface area contributed by atoms with Gasteiger partial charge in [-0.15, -0.1) is 5.10 Å². The molecule has 30 heavy (non-hydrogen) atoms. The van der Waals surface area contributed by atoms with Gasteiger partial charge >= 0.3 is 0 Å². The lowest BCUT2D eigenvalue weighted by molar-refractivity contribution is -0.119. The molecular formula is C21H26ClN7O. The number of aromatic nitrogens is 5. The fourth-order valence-corrected chi connectivity index (χ4v) is 3.85. The van der Waals surface area contributed by atoms with E-state index in [4.69, 9.17) is 21.6 Å². The van der Waals surface area contributed by atoms with Crippen LogP contribution in [0.4, 0.5) is 5.82 Å². The van der Waals surface area contributed by atoms with Gasteiger partial charge in [-0.1, -0.05) is 55.8 Å².